The molecule has 0 atom stereocenters. The van der Waals surface area contributed by atoms with Crippen LogP contribution in [0.25, 0.3) is 55.7 Å². The Balaban J connectivity index is 1.26. The highest BCUT2D eigenvalue weighted by molar-refractivity contribution is 6.00. The quantitative estimate of drug-likeness (QED) is 0.286. The van der Waals surface area contributed by atoms with Gasteiger partial charge < -0.3 is 15.0 Å². The Morgan fingerprint density at radius 1 is 0.895 bits per heavy atom. The second kappa shape index (κ2) is 9.35. The van der Waals surface area contributed by atoms with E-state index >= 15 is 0 Å². The van der Waals surface area contributed by atoms with E-state index in [1.165, 1.54) is 6.07 Å². The molecule has 6 heterocycles. The first-order valence-electron chi connectivity index (χ1n) is 12.6. The van der Waals surface area contributed by atoms with Crippen molar-refractivity contribution in [3.8, 4) is 39.5 Å². The Morgan fingerprint density at radius 3 is 2.68 bits per heavy atom. The number of aromatic amines is 2. The Hall–Kier alpha value is -4.63. The van der Waals surface area contributed by atoms with Crippen molar-refractivity contribution in [2.24, 2.45) is 0 Å². The topological polar surface area (TPSA) is 104 Å². The molecule has 1 fully saturated rings. The molecular formula is C29H24FN7O. The lowest BCUT2D eigenvalue weighted by Gasteiger charge is -2.23. The number of rotatable bonds is 5. The molecule has 9 heteroatoms. The Labute approximate surface area is 217 Å². The normalized spacial score (nSPS) is 14.3. The number of ether oxygens (including phenoxy) is 1. The molecule has 188 valence electrons. The van der Waals surface area contributed by atoms with Gasteiger partial charge in [-0.1, -0.05) is 18.2 Å². The molecule has 6 aromatic rings. The first-order valence-corrected chi connectivity index (χ1v) is 12.6. The summed E-state index contributed by atoms with van der Waals surface area (Å²) in [5.41, 5.74) is 5.92. The third kappa shape index (κ3) is 4.06. The fourth-order valence-corrected chi connectivity index (χ4v) is 5.08. The number of fused-ring (bicyclic) bond motifs is 2. The number of nitrogens with zero attached hydrogens (tertiary/aromatic N) is 4. The minimum absolute atomic E-state index is 0.189. The number of hydrogen-bond acceptors (Lipinski definition) is 6. The summed E-state index contributed by atoms with van der Waals surface area (Å²) in [4.78, 5) is 16.9. The monoisotopic (exact) mass is 505 g/mol. The molecule has 0 aliphatic carbocycles. The predicted octanol–water partition coefficient (Wildman–Crippen LogP) is 5.50. The van der Waals surface area contributed by atoms with Crippen molar-refractivity contribution in [1.29, 1.82) is 0 Å². The summed E-state index contributed by atoms with van der Waals surface area (Å²) in [6.07, 6.45) is 9.13. The van der Waals surface area contributed by atoms with Crippen LogP contribution in [0.4, 0.5) is 4.39 Å². The first kappa shape index (κ1) is 22.6. The standard InChI is InChI=1S/C29H24FN7O/c30-24-4-2-1-3-21(24)20-7-10-33-29-22(20)12-26(35-29)28-23-13-25(34-16-27(23)36-37-28)17-11-19(15-32-14-17)38-18-5-8-31-9-6-18/h1-4,7,10-16,18,31H,5-6,8-9H2,(H,33,35)(H,36,37). The van der Waals surface area contributed by atoms with E-state index < -0.39 is 0 Å². The smallest absolute Gasteiger partial charge is 0.138 e. The first-order chi connectivity index (χ1) is 18.7. The molecular weight excluding hydrogens is 481 g/mol. The number of pyridine rings is 3. The maximum atomic E-state index is 14.6. The Morgan fingerprint density at radius 2 is 1.79 bits per heavy atom. The number of aromatic nitrogens is 6. The van der Waals surface area contributed by atoms with E-state index in [1.807, 2.05) is 30.3 Å². The number of hydrogen-bond donors (Lipinski definition) is 3. The molecule has 1 aliphatic rings. The summed E-state index contributed by atoms with van der Waals surface area (Å²) in [6.45, 7) is 1.93. The zero-order valence-corrected chi connectivity index (χ0v) is 20.4. The van der Waals surface area contributed by atoms with Crippen LogP contribution in [0, 0.1) is 5.82 Å². The van der Waals surface area contributed by atoms with Gasteiger partial charge in [0.15, 0.2) is 0 Å². The van der Waals surface area contributed by atoms with Crippen LogP contribution in [0.1, 0.15) is 12.8 Å². The van der Waals surface area contributed by atoms with Crippen molar-refractivity contribution in [2.75, 3.05) is 13.1 Å². The van der Waals surface area contributed by atoms with Gasteiger partial charge in [-0.3, -0.25) is 15.1 Å². The molecule has 1 aliphatic heterocycles. The summed E-state index contributed by atoms with van der Waals surface area (Å²) < 4.78 is 20.8. The molecule has 5 aromatic heterocycles. The Bertz CT molecular complexity index is 1770. The van der Waals surface area contributed by atoms with Gasteiger partial charge in [-0.2, -0.15) is 5.10 Å². The van der Waals surface area contributed by atoms with Crippen LogP contribution in [-0.4, -0.2) is 49.3 Å². The number of nitrogens with one attached hydrogen (secondary N) is 3. The molecule has 3 N–H and O–H groups in total. The van der Waals surface area contributed by atoms with Crippen LogP contribution in [0.15, 0.2) is 73.3 Å². The fraction of sp³-hybridized carbons (Fsp3) is 0.172. The van der Waals surface area contributed by atoms with E-state index in [9.17, 15) is 4.39 Å². The van der Waals surface area contributed by atoms with Gasteiger partial charge in [0.05, 0.1) is 29.3 Å². The second-order valence-corrected chi connectivity index (χ2v) is 9.45. The van der Waals surface area contributed by atoms with E-state index in [4.69, 9.17) is 4.74 Å². The van der Waals surface area contributed by atoms with Crippen molar-refractivity contribution in [3.63, 3.8) is 0 Å². The number of benzene rings is 1. The van der Waals surface area contributed by atoms with Crippen LogP contribution in [0.5, 0.6) is 5.75 Å². The van der Waals surface area contributed by atoms with E-state index in [1.54, 1.807) is 36.9 Å². The molecule has 0 spiro atoms. The SMILES string of the molecule is Fc1ccccc1-c1ccnc2[nH]c(-c3n[nH]c4cnc(-c5cncc(OC6CCNCC6)c5)cc34)cc12. The third-order valence-electron chi connectivity index (χ3n) is 7.00. The van der Waals surface area contributed by atoms with Gasteiger partial charge in [0.25, 0.3) is 0 Å². The molecule has 0 unspecified atom stereocenters. The lowest BCUT2D eigenvalue weighted by Crippen LogP contribution is -2.34. The zero-order valence-electron chi connectivity index (χ0n) is 20.4. The van der Waals surface area contributed by atoms with Crippen LogP contribution in [0.3, 0.4) is 0 Å². The van der Waals surface area contributed by atoms with Crippen molar-refractivity contribution < 1.29 is 9.13 Å². The lowest BCUT2D eigenvalue weighted by atomic mass is 10.0. The van der Waals surface area contributed by atoms with Gasteiger partial charge in [0, 0.05) is 34.3 Å². The molecule has 0 amide bonds. The van der Waals surface area contributed by atoms with Crippen LogP contribution in [-0.2, 0) is 0 Å². The van der Waals surface area contributed by atoms with Crippen LogP contribution < -0.4 is 10.1 Å². The van der Waals surface area contributed by atoms with Gasteiger partial charge >= 0.3 is 0 Å². The summed E-state index contributed by atoms with van der Waals surface area (Å²) in [6, 6.07) is 14.5. The number of piperidine rings is 1. The molecule has 1 aromatic carbocycles. The van der Waals surface area contributed by atoms with Crippen molar-refractivity contribution >= 4 is 21.9 Å². The average Bonchev–Trinajstić information content (AvgIpc) is 3.58. The zero-order chi connectivity index (χ0) is 25.5. The lowest BCUT2D eigenvalue weighted by molar-refractivity contribution is 0.162. The van der Waals surface area contributed by atoms with Gasteiger partial charge in [0.1, 0.15) is 29.0 Å². The number of halogens is 1. The van der Waals surface area contributed by atoms with Gasteiger partial charge in [-0.15, -0.1) is 0 Å². The molecule has 8 nitrogen and oxygen atoms in total. The summed E-state index contributed by atoms with van der Waals surface area (Å²) in [7, 11) is 0. The highest BCUT2D eigenvalue weighted by Gasteiger charge is 2.18. The van der Waals surface area contributed by atoms with Gasteiger partial charge in [0.2, 0.25) is 0 Å². The Kier molecular flexibility index (Phi) is 5.55. The molecule has 0 radical (unpaired) electrons. The maximum absolute atomic E-state index is 14.6. The molecule has 38 heavy (non-hydrogen) atoms. The van der Waals surface area contributed by atoms with E-state index in [0.717, 1.165) is 76.2 Å². The summed E-state index contributed by atoms with van der Waals surface area (Å²) in [5.74, 6) is 0.467. The average molecular weight is 506 g/mol. The van der Waals surface area contributed by atoms with E-state index in [0.29, 0.717) is 11.2 Å². The highest BCUT2D eigenvalue weighted by Crippen LogP contribution is 2.35. The fourth-order valence-electron chi connectivity index (χ4n) is 5.08. The van der Waals surface area contributed by atoms with Crippen LogP contribution >= 0.6 is 0 Å². The third-order valence-corrected chi connectivity index (χ3v) is 7.00. The van der Waals surface area contributed by atoms with Crippen molar-refractivity contribution in [2.45, 2.75) is 18.9 Å². The minimum atomic E-state index is -0.274. The van der Waals surface area contributed by atoms with Crippen LogP contribution in [0.2, 0.25) is 0 Å². The molecule has 0 saturated carbocycles. The summed E-state index contributed by atoms with van der Waals surface area (Å²) >= 11 is 0. The van der Waals surface area contributed by atoms with E-state index in [-0.39, 0.29) is 11.9 Å². The largest absolute Gasteiger partial charge is 0.489 e. The van der Waals surface area contributed by atoms with Crippen molar-refractivity contribution in [3.05, 3.63) is 79.1 Å². The predicted molar refractivity (Wildman–Crippen MR) is 144 cm³/mol. The molecule has 7 rings (SSSR count). The number of H-pyrrole nitrogens is 2. The summed E-state index contributed by atoms with van der Waals surface area (Å²) in [5, 5.41) is 12.7. The maximum Gasteiger partial charge on any atom is 0.138 e. The minimum Gasteiger partial charge on any atom is -0.489 e. The second-order valence-electron chi connectivity index (χ2n) is 9.45. The highest BCUT2D eigenvalue weighted by atomic mass is 19.1. The van der Waals surface area contributed by atoms with E-state index in [2.05, 4.69) is 35.5 Å². The molecule has 1 saturated heterocycles. The van der Waals surface area contributed by atoms with Crippen molar-refractivity contribution in [1.82, 2.24) is 35.5 Å². The van der Waals surface area contributed by atoms with Gasteiger partial charge in [-0.05, 0) is 61.8 Å². The van der Waals surface area contributed by atoms with Gasteiger partial charge in [-0.25, -0.2) is 9.37 Å². The molecule has 0 bridgehead atoms.